The molecule has 0 aliphatic carbocycles. The number of thiophene rings is 1. The van der Waals surface area contributed by atoms with Gasteiger partial charge in [-0.3, -0.25) is 25.0 Å². The van der Waals surface area contributed by atoms with Gasteiger partial charge in [-0.1, -0.05) is 6.07 Å². The molecule has 2 amide bonds. The number of imidazole rings is 1. The van der Waals surface area contributed by atoms with Gasteiger partial charge in [0.2, 0.25) is 11.2 Å². The first-order valence-electron chi connectivity index (χ1n) is 11.0. The topological polar surface area (TPSA) is 142 Å². The third-order valence-electron chi connectivity index (χ3n) is 5.54. The lowest BCUT2D eigenvalue weighted by atomic mass is 10.1. The minimum absolute atomic E-state index is 0.0620. The van der Waals surface area contributed by atoms with Crippen LogP contribution in [0.4, 0.5) is 5.82 Å². The Bertz CT molecular complexity index is 1250. The molecule has 2 aliphatic rings. The lowest BCUT2D eigenvalue weighted by Crippen LogP contribution is -2.42. The maximum atomic E-state index is 12.7. The van der Waals surface area contributed by atoms with E-state index < -0.39 is 30.3 Å². The van der Waals surface area contributed by atoms with Gasteiger partial charge in [-0.2, -0.15) is 9.97 Å². The highest BCUT2D eigenvalue weighted by molar-refractivity contribution is 7.10. The molecule has 4 atom stereocenters. The maximum absolute atomic E-state index is 12.7. The molecule has 186 valence electrons. The van der Waals surface area contributed by atoms with Gasteiger partial charge < -0.3 is 19.5 Å². The van der Waals surface area contributed by atoms with Crippen LogP contribution in [0.5, 0.6) is 0 Å². The molecule has 0 radical (unpaired) electrons. The molecule has 3 aromatic rings. The number of rotatable bonds is 7. The first-order valence-corrected chi connectivity index (χ1v) is 12.3. The Morgan fingerprint density at radius 2 is 2.06 bits per heavy atom. The zero-order valence-electron chi connectivity index (χ0n) is 19.1. The Hall–Kier alpha value is -2.84. The smallest absolute Gasteiger partial charge is 0.252 e. The first-order chi connectivity index (χ1) is 16.8. The Morgan fingerprint density at radius 3 is 2.80 bits per heavy atom. The van der Waals surface area contributed by atoms with Crippen molar-refractivity contribution in [3.63, 3.8) is 0 Å². The van der Waals surface area contributed by atoms with Gasteiger partial charge in [-0.15, -0.1) is 11.3 Å². The molecule has 0 aromatic carbocycles. The lowest BCUT2D eigenvalue weighted by Gasteiger charge is -2.24. The molecule has 0 saturated carbocycles. The molecule has 5 heterocycles. The predicted molar refractivity (Wildman–Crippen MR) is 127 cm³/mol. The average Bonchev–Trinajstić information content (AvgIpc) is 3.56. The summed E-state index contributed by atoms with van der Waals surface area (Å²) in [5, 5.41) is 4.61. The molecule has 35 heavy (non-hydrogen) atoms. The number of anilines is 1. The number of hydrogen-bond acceptors (Lipinski definition) is 10. The van der Waals surface area contributed by atoms with Crippen LogP contribution < -0.4 is 16.2 Å². The fraction of sp³-hybridized carbons (Fsp3) is 0.476. The van der Waals surface area contributed by atoms with E-state index in [9.17, 15) is 9.59 Å². The van der Waals surface area contributed by atoms with E-state index in [1.807, 2.05) is 24.4 Å². The average molecular weight is 522 g/mol. The van der Waals surface area contributed by atoms with Crippen LogP contribution >= 0.6 is 22.9 Å². The largest absolute Gasteiger partial charge is 0.354 e. The molecule has 3 aromatic heterocycles. The van der Waals surface area contributed by atoms with E-state index >= 15 is 0 Å². The molecule has 5 rings (SSSR count). The van der Waals surface area contributed by atoms with E-state index in [0.29, 0.717) is 17.7 Å². The molecule has 14 heteroatoms. The zero-order valence-corrected chi connectivity index (χ0v) is 20.7. The summed E-state index contributed by atoms with van der Waals surface area (Å²) in [6, 6.07) is 3.76. The number of ether oxygens (including phenoxy) is 3. The fourth-order valence-electron chi connectivity index (χ4n) is 4.19. The number of fused-ring (bicyclic) bond motifs is 2. The number of likely N-dealkylation sites (N-methyl/N-ethyl adjacent to an activating group) is 1. The zero-order chi connectivity index (χ0) is 24.7. The summed E-state index contributed by atoms with van der Waals surface area (Å²) in [5.41, 5.74) is 6.08. The molecule has 2 aliphatic heterocycles. The van der Waals surface area contributed by atoms with Crippen LogP contribution in [0.25, 0.3) is 11.2 Å². The van der Waals surface area contributed by atoms with Crippen LogP contribution in [0.3, 0.4) is 0 Å². The SMILES string of the molecule is CCNC(=O)[C@H]1O[C@@H](n2cnc3c(NNC(=O)Cc4cccs4)nc(Cl)nc32)[C@@H]2OC(C)(C)O[C@@H]21. The normalized spacial score (nSPS) is 24.9. The Balaban J connectivity index is 1.41. The van der Waals surface area contributed by atoms with E-state index in [1.54, 1.807) is 18.4 Å². The van der Waals surface area contributed by atoms with E-state index in [1.165, 1.54) is 17.7 Å². The van der Waals surface area contributed by atoms with Crippen molar-refractivity contribution in [1.29, 1.82) is 0 Å². The quantitative estimate of drug-likeness (QED) is 0.313. The van der Waals surface area contributed by atoms with Gasteiger partial charge in [0.25, 0.3) is 5.91 Å². The van der Waals surface area contributed by atoms with Crippen LogP contribution in [-0.4, -0.2) is 62.0 Å². The molecular formula is C21H24ClN7O5S. The van der Waals surface area contributed by atoms with Crippen LogP contribution in [0.1, 0.15) is 31.9 Å². The molecule has 2 saturated heterocycles. The van der Waals surface area contributed by atoms with Crippen molar-refractivity contribution in [2.45, 2.75) is 57.5 Å². The highest BCUT2D eigenvalue weighted by atomic mass is 35.5. The molecule has 2 fully saturated rings. The predicted octanol–water partition coefficient (Wildman–Crippen LogP) is 1.78. The standard InChI is InChI=1S/C21H24ClN7O5S/c1-4-23-18(31)14-13-15(34-21(2,3)33-13)19(32-14)29-9-24-12-16(25-20(22)26-17(12)29)28-27-11(30)8-10-6-5-7-35-10/h5-7,9,13-15,19H,4,8H2,1-3H3,(H,23,31)(H,27,30)(H,25,26,28)/t13-,14+,15-,19-/m1/s1. The lowest BCUT2D eigenvalue weighted by molar-refractivity contribution is -0.197. The molecule has 0 spiro atoms. The van der Waals surface area contributed by atoms with Crippen molar-refractivity contribution in [2.75, 3.05) is 12.0 Å². The molecule has 0 bridgehead atoms. The van der Waals surface area contributed by atoms with Crippen LogP contribution in [-0.2, 0) is 30.2 Å². The Morgan fingerprint density at radius 1 is 1.26 bits per heavy atom. The van der Waals surface area contributed by atoms with E-state index in [4.69, 9.17) is 25.8 Å². The second-order valence-corrected chi connectivity index (χ2v) is 9.87. The minimum atomic E-state index is -0.898. The van der Waals surface area contributed by atoms with E-state index in [0.717, 1.165) is 4.88 Å². The van der Waals surface area contributed by atoms with Crippen molar-refractivity contribution >= 4 is 51.7 Å². The summed E-state index contributed by atoms with van der Waals surface area (Å²) in [5.74, 6) is -1.22. The Kier molecular flexibility index (Phi) is 6.36. The second kappa shape index (κ2) is 9.32. The van der Waals surface area contributed by atoms with Gasteiger partial charge in [0, 0.05) is 11.4 Å². The number of aromatic nitrogens is 4. The number of nitrogens with zero attached hydrogens (tertiary/aromatic N) is 4. The van der Waals surface area contributed by atoms with Crippen molar-refractivity contribution < 1.29 is 23.8 Å². The number of amides is 2. The van der Waals surface area contributed by atoms with Crippen molar-refractivity contribution in [1.82, 2.24) is 30.3 Å². The van der Waals surface area contributed by atoms with Gasteiger partial charge in [-0.25, -0.2) is 4.98 Å². The third-order valence-corrected chi connectivity index (χ3v) is 6.59. The highest BCUT2D eigenvalue weighted by Crippen LogP contribution is 2.44. The monoisotopic (exact) mass is 521 g/mol. The molecule has 3 N–H and O–H groups in total. The van der Waals surface area contributed by atoms with Gasteiger partial charge in [0.15, 0.2) is 35.1 Å². The summed E-state index contributed by atoms with van der Waals surface area (Å²) >= 11 is 7.68. The highest BCUT2D eigenvalue weighted by Gasteiger charge is 2.58. The summed E-state index contributed by atoms with van der Waals surface area (Å²) < 4.78 is 19.8. The first kappa shape index (κ1) is 23.9. The summed E-state index contributed by atoms with van der Waals surface area (Å²) in [4.78, 5) is 38.8. The third kappa shape index (κ3) is 4.69. The maximum Gasteiger partial charge on any atom is 0.252 e. The van der Waals surface area contributed by atoms with Crippen molar-refractivity contribution in [2.24, 2.45) is 0 Å². The van der Waals surface area contributed by atoms with Crippen molar-refractivity contribution in [3.05, 3.63) is 34.0 Å². The van der Waals surface area contributed by atoms with Crippen molar-refractivity contribution in [3.8, 4) is 0 Å². The summed E-state index contributed by atoms with van der Waals surface area (Å²) in [6.07, 6.45) is -1.13. The summed E-state index contributed by atoms with van der Waals surface area (Å²) in [6.45, 7) is 5.84. The Labute approximate surface area is 209 Å². The number of nitrogens with one attached hydrogen (secondary N) is 3. The molecule has 0 unspecified atom stereocenters. The molecular weight excluding hydrogens is 498 g/mol. The van der Waals surface area contributed by atoms with Gasteiger partial charge in [0.05, 0.1) is 12.7 Å². The summed E-state index contributed by atoms with van der Waals surface area (Å²) in [7, 11) is 0. The number of hydrogen-bond donors (Lipinski definition) is 3. The minimum Gasteiger partial charge on any atom is -0.354 e. The fourth-order valence-corrected chi connectivity index (χ4v) is 5.06. The van der Waals surface area contributed by atoms with Gasteiger partial charge in [0.1, 0.15) is 12.2 Å². The molecule has 12 nitrogen and oxygen atoms in total. The van der Waals surface area contributed by atoms with Crippen LogP contribution in [0.15, 0.2) is 23.8 Å². The number of halogens is 1. The van der Waals surface area contributed by atoms with E-state index in [2.05, 4.69) is 31.1 Å². The van der Waals surface area contributed by atoms with Gasteiger partial charge in [-0.05, 0) is 43.8 Å². The second-order valence-electron chi connectivity index (χ2n) is 8.50. The number of carbonyl (C=O) groups excluding carboxylic acids is 2. The van der Waals surface area contributed by atoms with Crippen LogP contribution in [0, 0.1) is 0 Å². The number of hydrazine groups is 1. The van der Waals surface area contributed by atoms with E-state index in [-0.39, 0.29) is 29.3 Å². The van der Waals surface area contributed by atoms with Crippen LogP contribution in [0.2, 0.25) is 5.28 Å². The number of carbonyl (C=O) groups is 2. The van der Waals surface area contributed by atoms with Gasteiger partial charge >= 0.3 is 0 Å².